The summed E-state index contributed by atoms with van der Waals surface area (Å²) in [6, 6.07) is 7.38. The van der Waals surface area contributed by atoms with Crippen LogP contribution in [0.1, 0.15) is 18.4 Å². The third-order valence-corrected chi connectivity index (χ3v) is 2.25. The van der Waals surface area contributed by atoms with E-state index in [1.807, 2.05) is 25.1 Å². The number of aliphatic hydroxyl groups is 1. The summed E-state index contributed by atoms with van der Waals surface area (Å²) in [4.78, 5) is 0. The van der Waals surface area contributed by atoms with E-state index in [1.54, 1.807) is 6.07 Å². The van der Waals surface area contributed by atoms with Crippen molar-refractivity contribution < 1.29 is 5.11 Å². The summed E-state index contributed by atoms with van der Waals surface area (Å²) in [7, 11) is 0. The second-order valence-corrected chi connectivity index (χ2v) is 3.21. The molecule has 0 saturated carbocycles. The Morgan fingerprint density at radius 1 is 1.42 bits per heavy atom. The molecule has 2 unspecified atom stereocenters. The Morgan fingerprint density at radius 3 is 2.50 bits per heavy atom. The average molecular weight is 186 g/mol. The molecular formula is C9H12ClNO. The van der Waals surface area contributed by atoms with Crippen LogP contribution < -0.4 is 5.73 Å². The van der Waals surface area contributed by atoms with Gasteiger partial charge < -0.3 is 10.8 Å². The van der Waals surface area contributed by atoms with Crippen LogP contribution in [-0.2, 0) is 0 Å². The molecule has 1 aromatic carbocycles. The largest absolute Gasteiger partial charge is 0.378 e. The Bertz CT molecular complexity index is 262. The van der Waals surface area contributed by atoms with Crippen LogP contribution >= 0.6 is 11.6 Å². The molecule has 0 aliphatic carbocycles. The van der Waals surface area contributed by atoms with Crippen LogP contribution in [0.3, 0.4) is 0 Å². The Hall–Kier alpha value is -0.570. The van der Waals surface area contributed by atoms with Crippen molar-refractivity contribution >= 4 is 11.6 Å². The first-order chi connectivity index (χ1) is 5.63. The van der Waals surface area contributed by atoms with Crippen LogP contribution in [0.25, 0.3) is 0 Å². The third kappa shape index (κ3) is 1.97. The van der Waals surface area contributed by atoms with E-state index in [9.17, 15) is 0 Å². The maximum absolute atomic E-state index is 9.12. The zero-order valence-electron chi connectivity index (χ0n) is 6.87. The van der Waals surface area contributed by atoms with Gasteiger partial charge in [0.15, 0.2) is 0 Å². The Labute approximate surface area is 77.0 Å². The van der Waals surface area contributed by atoms with E-state index in [-0.39, 0.29) is 5.92 Å². The van der Waals surface area contributed by atoms with Gasteiger partial charge in [-0.05, 0) is 11.6 Å². The van der Waals surface area contributed by atoms with Gasteiger partial charge in [-0.3, -0.25) is 0 Å². The highest BCUT2D eigenvalue weighted by Crippen LogP contribution is 2.24. The monoisotopic (exact) mass is 185 g/mol. The first-order valence-corrected chi connectivity index (χ1v) is 4.19. The second-order valence-electron chi connectivity index (χ2n) is 2.80. The highest BCUT2D eigenvalue weighted by molar-refractivity contribution is 6.31. The van der Waals surface area contributed by atoms with E-state index in [1.165, 1.54) is 0 Å². The van der Waals surface area contributed by atoms with Crippen molar-refractivity contribution in [2.45, 2.75) is 19.1 Å². The van der Waals surface area contributed by atoms with Gasteiger partial charge in [0.2, 0.25) is 0 Å². The van der Waals surface area contributed by atoms with Crippen molar-refractivity contribution in [2.24, 2.45) is 5.73 Å². The van der Waals surface area contributed by atoms with E-state index < -0.39 is 6.23 Å². The molecule has 12 heavy (non-hydrogen) atoms. The number of nitrogens with two attached hydrogens (primary N) is 1. The topological polar surface area (TPSA) is 46.2 Å². The van der Waals surface area contributed by atoms with Crippen molar-refractivity contribution in [3.63, 3.8) is 0 Å². The molecule has 0 bridgehead atoms. The fourth-order valence-electron chi connectivity index (χ4n) is 1.03. The Morgan fingerprint density at radius 2 is 2.00 bits per heavy atom. The SMILES string of the molecule is CC(c1ccccc1Cl)C(N)O. The summed E-state index contributed by atoms with van der Waals surface area (Å²) in [6.45, 7) is 1.84. The minimum Gasteiger partial charge on any atom is -0.378 e. The number of aliphatic hydroxyl groups excluding tert-OH is 1. The van der Waals surface area contributed by atoms with Gasteiger partial charge in [0, 0.05) is 10.9 Å². The van der Waals surface area contributed by atoms with Gasteiger partial charge in [0.25, 0.3) is 0 Å². The molecule has 0 aliphatic heterocycles. The lowest BCUT2D eigenvalue weighted by molar-refractivity contribution is 0.156. The number of hydrogen-bond donors (Lipinski definition) is 2. The quantitative estimate of drug-likeness (QED) is 0.690. The first-order valence-electron chi connectivity index (χ1n) is 3.81. The van der Waals surface area contributed by atoms with Crippen LogP contribution in [0, 0.1) is 0 Å². The molecule has 0 aromatic heterocycles. The Balaban J connectivity index is 2.94. The zero-order chi connectivity index (χ0) is 9.14. The molecule has 0 fully saturated rings. The molecule has 0 spiro atoms. The van der Waals surface area contributed by atoms with Crippen molar-refractivity contribution in [3.05, 3.63) is 34.9 Å². The molecular weight excluding hydrogens is 174 g/mol. The second kappa shape index (κ2) is 3.90. The highest BCUT2D eigenvalue weighted by atomic mass is 35.5. The molecule has 66 valence electrons. The molecule has 0 amide bonds. The van der Waals surface area contributed by atoms with Crippen LogP contribution in [0.2, 0.25) is 5.02 Å². The average Bonchev–Trinajstić information content (AvgIpc) is 2.04. The van der Waals surface area contributed by atoms with Crippen LogP contribution in [0.5, 0.6) is 0 Å². The van der Waals surface area contributed by atoms with Gasteiger partial charge in [-0.15, -0.1) is 0 Å². The third-order valence-electron chi connectivity index (χ3n) is 1.91. The zero-order valence-corrected chi connectivity index (χ0v) is 7.62. The summed E-state index contributed by atoms with van der Waals surface area (Å²) in [5, 5.41) is 9.77. The fraction of sp³-hybridized carbons (Fsp3) is 0.333. The van der Waals surface area contributed by atoms with Gasteiger partial charge in [-0.25, -0.2) is 0 Å². The molecule has 0 aliphatic rings. The van der Waals surface area contributed by atoms with Crippen molar-refractivity contribution in [2.75, 3.05) is 0 Å². The molecule has 1 rings (SSSR count). The van der Waals surface area contributed by atoms with Crippen molar-refractivity contribution in [1.82, 2.24) is 0 Å². The molecule has 2 nitrogen and oxygen atoms in total. The lowest BCUT2D eigenvalue weighted by Gasteiger charge is -2.15. The predicted octanol–water partition coefficient (Wildman–Crippen LogP) is 1.72. The minimum absolute atomic E-state index is 0.126. The van der Waals surface area contributed by atoms with Gasteiger partial charge in [-0.1, -0.05) is 36.7 Å². The summed E-state index contributed by atoms with van der Waals surface area (Å²) in [5.41, 5.74) is 6.22. The molecule has 0 saturated heterocycles. The highest BCUT2D eigenvalue weighted by Gasteiger charge is 2.13. The van der Waals surface area contributed by atoms with E-state index in [0.29, 0.717) is 5.02 Å². The lowest BCUT2D eigenvalue weighted by Crippen LogP contribution is -2.25. The summed E-state index contributed by atoms with van der Waals surface area (Å²) in [5.74, 6) is -0.126. The summed E-state index contributed by atoms with van der Waals surface area (Å²) < 4.78 is 0. The van der Waals surface area contributed by atoms with E-state index in [0.717, 1.165) is 5.56 Å². The van der Waals surface area contributed by atoms with Crippen molar-refractivity contribution in [3.8, 4) is 0 Å². The van der Waals surface area contributed by atoms with E-state index in [2.05, 4.69) is 0 Å². The number of halogens is 1. The van der Waals surface area contributed by atoms with Gasteiger partial charge in [0.1, 0.15) is 6.23 Å². The van der Waals surface area contributed by atoms with Crippen LogP contribution in [-0.4, -0.2) is 11.3 Å². The molecule has 3 N–H and O–H groups in total. The molecule has 3 heteroatoms. The smallest absolute Gasteiger partial charge is 0.109 e. The number of hydrogen-bond acceptors (Lipinski definition) is 2. The minimum atomic E-state index is -0.857. The number of rotatable bonds is 2. The first kappa shape index (κ1) is 9.52. The molecule has 2 atom stereocenters. The van der Waals surface area contributed by atoms with Gasteiger partial charge >= 0.3 is 0 Å². The standard InChI is InChI=1S/C9H12ClNO/c1-6(9(11)12)7-4-2-3-5-8(7)10/h2-6,9,12H,11H2,1H3. The van der Waals surface area contributed by atoms with Crippen LogP contribution in [0.4, 0.5) is 0 Å². The Kier molecular flexibility index (Phi) is 3.09. The maximum atomic E-state index is 9.12. The molecule has 1 aromatic rings. The normalized spacial score (nSPS) is 15.7. The van der Waals surface area contributed by atoms with Gasteiger partial charge in [-0.2, -0.15) is 0 Å². The van der Waals surface area contributed by atoms with Gasteiger partial charge in [0.05, 0.1) is 0 Å². The molecule has 0 heterocycles. The summed E-state index contributed by atoms with van der Waals surface area (Å²) in [6.07, 6.45) is -0.857. The van der Waals surface area contributed by atoms with E-state index in [4.69, 9.17) is 22.4 Å². The number of benzene rings is 1. The van der Waals surface area contributed by atoms with Crippen molar-refractivity contribution in [1.29, 1.82) is 0 Å². The predicted molar refractivity (Wildman–Crippen MR) is 50.1 cm³/mol. The molecule has 0 radical (unpaired) electrons. The fourth-order valence-corrected chi connectivity index (χ4v) is 1.34. The summed E-state index contributed by atoms with van der Waals surface area (Å²) >= 11 is 5.90. The van der Waals surface area contributed by atoms with Crippen LogP contribution in [0.15, 0.2) is 24.3 Å². The maximum Gasteiger partial charge on any atom is 0.109 e. The van der Waals surface area contributed by atoms with E-state index >= 15 is 0 Å². The lowest BCUT2D eigenvalue weighted by atomic mass is 10.00.